The van der Waals surface area contributed by atoms with Crippen LogP contribution >= 0.6 is 0 Å². The van der Waals surface area contributed by atoms with Gasteiger partial charge in [0.2, 0.25) is 11.8 Å². The Kier molecular flexibility index (Phi) is 6.50. The van der Waals surface area contributed by atoms with E-state index in [-0.39, 0.29) is 17.9 Å². The van der Waals surface area contributed by atoms with Gasteiger partial charge in [0.1, 0.15) is 0 Å². The normalized spacial score (nSPS) is 15.1. The molecule has 0 aliphatic carbocycles. The fourth-order valence-electron chi connectivity index (χ4n) is 3.72. The molecule has 2 amide bonds. The van der Waals surface area contributed by atoms with Gasteiger partial charge >= 0.3 is 0 Å². The second-order valence-corrected chi connectivity index (χ2v) is 7.88. The third-order valence-corrected chi connectivity index (χ3v) is 5.42. The summed E-state index contributed by atoms with van der Waals surface area (Å²) in [5.41, 5.74) is 4.32. The maximum absolute atomic E-state index is 12.6. The number of rotatable bonds is 7. The molecule has 1 aliphatic heterocycles. The van der Waals surface area contributed by atoms with Gasteiger partial charge in [-0.1, -0.05) is 57.2 Å². The van der Waals surface area contributed by atoms with Crippen LogP contribution in [-0.2, 0) is 22.4 Å². The van der Waals surface area contributed by atoms with E-state index in [2.05, 4.69) is 50.4 Å². The van der Waals surface area contributed by atoms with E-state index in [0.717, 1.165) is 36.2 Å². The molecule has 2 aromatic carbocycles. The van der Waals surface area contributed by atoms with Gasteiger partial charge in [-0.3, -0.25) is 9.59 Å². The van der Waals surface area contributed by atoms with Crippen molar-refractivity contribution in [2.24, 2.45) is 5.92 Å². The molecule has 4 nitrogen and oxygen atoms in total. The predicted molar refractivity (Wildman–Crippen MR) is 113 cm³/mol. The number of anilines is 1. The minimum Gasteiger partial charge on any atom is -0.349 e. The highest BCUT2D eigenvalue weighted by molar-refractivity contribution is 5.95. The molecule has 148 valence electrons. The number of carbonyl (C=O) groups excluding carboxylic acids is 2. The number of nitrogens with one attached hydrogen (secondary N) is 1. The van der Waals surface area contributed by atoms with Gasteiger partial charge < -0.3 is 10.2 Å². The summed E-state index contributed by atoms with van der Waals surface area (Å²) in [6, 6.07) is 16.3. The second kappa shape index (κ2) is 9.05. The fraction of sp³-hybridized carbons (Fsp3) is 0.417. The zero-order valence-corrected chi connectivity index (χ0v) is 17.1. The molecule has 1 aliphatic rings. The number of nitrogens with zero attached hydrogens (tertiary/aromatic N) is 1. The Bertz CT molecular complexity index is 810. The number of hydrogen-bond donors (Lipinski definition) is 1. The van der Waals surface area contributed by atoms with Crippen molar-refractivity contribution in [2.75, 3.05) is 11.4 Å². The summed E-state index contributed by atoms with van der Waals surface area (Å²) in [4.78, 5) is 26.3. The molecule has 1 saturated heterocycles. The molecule has 1 fully saturated rings. The number of benzene rings is 2. The molecule has 0 saturated carbocycles. The number of aryl methyl sites for hydroxylation is 1. The van der Waals surface area contributed by atoms with E-state index in [9.17, 15) is 9.59 Å². The molecule has 3 rings (SSSR count). The van der Waals surface area contributed by atoms with E-state index >= 15 is 0 Å². The fourth-order valence-corrected chi connectivity index (χ4v) is 3.72. The first kappa shape index (κ1) is 20.1. The van der Waals surface area contributed by atoms with Crippen molar-refractivity contribution in [3.8, 4) is 0 Å². The van der Waals surface area contributed by atoms with E-state index in [1.165, 1.54) is 5.56 Å². The molecule has 0 bridgehead atoms. The SMILES string of the molecule is CCc1ccc([C@H](NC(=O)Cc2ccc(N3CCCC3=O)cc2)C(C)C)cc1. The van der Waals surface area contributed by atoms with Crippen LogP contribution in [0.4, 0.5) is 5.69 Å². The van der Waals surface area contributed by atoms with E-state index < -0.39 is 0 Å². The average molecular weight is 379 g/mol. The Morgan fingerprint density at radius 2 is 1.68 bits per heavy atom. The van der Waals surface area contributed by atoms with Gasteiger partial charge in [0, 0.05) is 18.7 Å². The number of hydrogen-bond acceptors (Lipinski definition) is 2. The van der Waals surface area contributed by atoms with Crippen LogP contribution in [-0.4, -0.2) is 18.4 Å². The van der Waals surface area contributed by atoms with Crippen LogP contribution in [0.5, 0.6) is 0 Å². The van der Waals surface area contributed by atoms with Gasteiger partial charge in [-0.2, -0.15) is 0 Å². The molecule has 2 aromatic rings. The molecule has 0 spiro atoms. The van der Waals surface area contributed by atoms with Crippen LogP contribution in [0.1, 0.15) is 56.3 Å². The lowest BCUT2D eigenvalue weighted by atomic mass is 9.94. The third-order valence-electron chi connectivity index (χ3n) is 5.42. The molecule has 0 aromatic heterocycles. The van der Waals surface area contributed by atoms with Crippen molar-refractivity contribution < 1.29 is 9.59 Å². The topological polar surface area (TPSA) is 49.4 Å². The molecule has 4 heteroatoms. The van der Waals surface area contributed by atoms with Gasteiger partial charge in [-0.05, 0) is 47.6 Å². The summed E-state index contributed by atoms with van der Waals surface area (Å²) in [6.07, 6.45) is 2.89. The lowest BCUT2D eigenvalue weighted by Gasteiger charge is -2.23. The maximum atomic E-state index is 12.6. The lowest BCUT2D eigenvalue weighted by Crippen LogP contribution is -2.32. The van der Waals surface area contributed by atoms with E-state index in [4.69, 9.17) is 0 Å². The zero-order valence-electron chi connectivity index (χ0n) is 17.1. The first-order chi connectivity index (χ1) is 13.5. The Hall–Kier alpha value is -2.62. The lowest BCUT2D eigenvalue weighted by molar-refractivity contribution is -0.121. The Labute approximate surface area is 167 Å². The van der Waals surface area contributed by atoms with Crippen molar-refractivity contribution in [1.82, 2.24) is 5.32 Å². The molecule has 1 atom stereocenters. The summed E-state index contributed by atoms with van der Waals surface area (Å²) >= 11 is 0. The smallest absolute Gasteiger partial charge is 0.227 e. The summed E-state index contributed by atoms with van der Waals surface area (Å²) < 4.78 is 0. The second-order valence-electron chi connectivity index (χ2n) is 7.88. The number of carbonyl (C=O) groups is 2. The summed E-state index contributed by atoms with van der Waals surface area (Å²) in [5.74, 6) is 0.502. The highest BCUT2D eigenvalue weighted by atomic mass is 16.2. The largest absolute Gasteiger partial charge is 0.349 e. The van der Waals surface area contributed by atoms with Crippen molar-refractivity contribution in [3.05, 3.63) is 65.2 Å². The quantitative estimate of drug-likeness (QED) is 0.775. The first-order valence-electron chi connectivity index (χ1n) is 10.3. The monoisotopic (exact) mass is 378 g/mol. The highest BCUT2D eigenvalue weighted by Gasteiger charge is 2.22. The van der Waals surface area contributed by atoms with Crippen molar-refractivity contribution in [1.29, 1.82) is 0 Å². The van der Waals surface area contributed by atoms with Crippen LogP contribution in [0.2, 0.25) is 0 Å². The molecule has 0 unspecified atom stereocenters. The Morgan fingerprint density at radius 3 is 2.21 bits per heavy atom. The summed E-state index contributed by atoms with van der Waals surface area (Å²) in [6.45, 7) is 7.17. The van der Waals surface area contributed by atoms with Crippen LogP contribution in [0.15, 0.2) is 48.5 Å². The number of amides is 2. The molecule has 28 heavy (non-hydrogen) atoms. The maximum Gasteiger partial charge on any atom is 0.227 e. The van der Waals surface area contributed by atoms with Gasteiger partial charge in [0.15, 0.2) is 0 Å². The van der Waals surface area contributed by atoms with Crippen LogP contribution in [0.3, 0.4) is 0 Å². The van der Waals surface area contributed by atoms with E-state index in [1.54, 1.807) is 0 Å². The predicted octanol–water partition coefficient (Wildman–Crippen LogP) is 4.43. The standard InChI is InChI=1S/C24H30N2O2/c1-4-18-7-11-20(12-8-18)24(17(2)3)25-22(27)16-19-9-13-21(14-10-19)26-15-5-6-23(26)28/h7-14,17,24H,4-6,15-16H2,1-3H3,(H,25,27)/t24-/m1/s1. The van der Waals surface area contributed by atoms with Crippen molar-refractivity contribution >= 4 is 17.5 Å². The molecular weight excluding hydrogens is 348 g/mol. The highest BCUT2D eigenvalue weighted by Crippen LogP contribution is 2.24. The van der Waals surface area contributed by atoms with E-state index in [1.807, 2.05) is 29.2 Å². The van der Waals surface area contributed by atoms with Crippen LogP contribution in [0, 0.1) is 5.92 Å². The van der Waals surface area contributed by atoms with Crippen LogP contribution in [0.25, 0.3) is 0 Å². The van der Waals surface area contributed by atoms with Crippen LogP contribution < -0.4 is 10.2 Å². The first-order valence-corrected chi connectivity index (χ1v) is 10.3. The zero-order chi connectivity index (χ0) is 20.1. The summed E-state index contributed by atoms with van der Waals surface area (Å²) in [5, 5.41) is 3.19. The minimum absolute atomic E-state index is 0.0000919. The van der Waals surface area contributed by atoms with Crippen molar-refractivity contribution in [2.45, 2.75) is 52.5 Å². The van der Waals surface area contributed by atoms with Gasteiger partial charge in [-0.15, -0.1) is 0 Å². The third kappa shape index (κ3) is 4.80. The molecular formula is C24H30N2O2. The Balaban J connectivity index is 1.63. The van der Waals surface area contributed by atoms with E-state index in [0.29, 0.717) is 18.8 Å². The molecule has 0 radical (unpaired) electrons. The van der Waals surface area contributed by atoms with Gasteiger partial charge in [0.25, 0.3) is 0 Å². The average Bonchev–Trinajstić information content (AvgIpc) is 3.12. The van der Waals surface area contributed by atoms with Gasteiger partial charge in [-0.25, -0.2) is 0 Å². The molecule has 1 N–H and O–H groups in total. The van der Waals surface area contributed by atoms with Gasteiger partial charge in [0.05, 0.1) is 12.5 Å². The Morgan fingerprint density at radius 1 is 1.04 bits per heavy atom. The minimum atomic E-state index is -0.0000919. The molecule has 1 heterocycles. The summed E-state index contributed by atoms with van der Waals surface area (Å²) in [7, 11) is 0. The van der Waals surface area contributed by atoms with Crippen molar-refractivity contribution in [3.63, 3.8) is 0 Å².